The number of carbonyl (C=O) groups excluding carboxylic acids is 1. The van der Waals surface area contributed by atoms with E-state index in [9.17, 15) is 4.79 Å². The van der Waals surface area contributed by atoms with Crippen LogP contribution in [0.4, 0.5) is 0 Å². The van der Waals surface area contributed by atoms with E-state index in [2.05, 4.69) is 0 Å². The van der Waals surface area contributed by atoms with Crippen LogP contribution >= 0.6 is 11.6 Å². The fourth-order valence-electron chi connectivity index (χ4n) is 0.804. The van der Waals surface area contributed by atoms with E-state index >= 15 is 0 Å². The molecule has 0 amide bonds. The van der Waals surface area contributed by atoms with Crippen molar-refractivity contribution in [3.63, 3.8) is 0 Å². The third kappa shape index (κ3) is 6.97. The lowest BCUT2D eigenvalue weighted by Crippen LogP contribution is -2.25. The molecule has 0 atom stereocenters. The van der Waals surface area contributed by atoms with Crippen molar-refractivity contribution in [3.8, 4) is 0 Å². The standard InChI is InChI=1S/C9H17ClO3Si/c1-5-12-9(11)6-8(7-10)13-14(2,3)4/h6H,5,7H2,1-4H3/b8-6-. The van der Waals surface area contributed by atoms with Gasteiger partial charge in [-0.3, -0.25) is 0 Å². The molecule has 0 saturated carbocycles. The summed E-state index contributed by atoms with van der Waals surface area (Å²) in [6, 6.07) is 0. The van der Waals surface area contributed by atoms with Gasteiger partial charge in [-0.15, -0.1) is 11.6 Å². The highest BCUT2D eigenvalue weighted by molar-refractivity contribution is 6.70. The van der Waals surface area contributed by atoms with Crippen LogP contribution < -0.4 is 0 Å². The lowest BCUT2D eigenvalue weighted by Gasteiger charge is -2.20. The van der Waals surface area contributed by atoms with E-state index in [1.807, 2.05) is 19.6 Å². The summed E-state index contributed by atoms with van der Waals surface area (Å²) >= 11 is 5.64. The first-order valence-corrected chi connectivity index (χ1v) is 8.45. The van der Waals surface area contributed by atoms with Gasteiger partial charge in [-0.05, 0) is 26.6 Å². The molecule has 0 radical (unpaired) electrons. The van der Waals surface area contributed by atoms with Crippen LogP contribution in [0.1, 0.15) is 6.92 Å². The van der Waals surface area contributed by atoms with Crippen LogP contribution in [0.5, 0.6) is 0 Å². The molecule has 0 aromatic rings. The van der Waals surface area contributed by atoms with E-state index in [0.717, 1.165) is 0 Å². The Morgan fingerprint density at radius 1 is 1.43 bits per heavy atom. The van der Waals surface area contributed by atoms with Crippen LogP contribution in [0.2, 0.25) is 19.6 Å². The SMILES string of the molecule is CCOC(=O)/C=C(/CCl)O[Si](C)(C)C. The predicted molar refractivity (Wildman–Crippen MR) is 59.9 cm³/mol. The second kappa shape index (κ2) is 6.09. The molecule has 0 aliphatic rings. The van der Waals surface area contributed by atoms with Gasteiger partial charge < -0.3 is 9.16 Å². The van der Waals surface area contributed by atoms with Crippen LogP contribution in [0, 0.1) is 0 Å². The van der Waals surface area contributed by atoms with Crippen molar-refractivity contribution in [2.45, 2.75) is 26.6 Å². The fraction of sp³-hybridized carbons (Fsp3) is 0.667. The van der Waals surface area contributed by atoms with Crippen LogP contribution in [-0.2, 0) is 14.0 Å². The molecule has 0 saturated heterocycles. The second-order valence-corrected chi connectivity index (χ2v) is 8.41. The van der Waals surface area contributed by atoms with Gasteiger partial charge in [-0.1, -0.05) is 0 Å². The highest BCUT2D eigenvalue weighted by Gasteiger charge is 2.17. The average molecular weight is 237 g/mol. The van der Waals surface area contributed by atoms with Gasteiger partial charge in [0, 0.05) is 0 Å². The summed E-state index contributed by atoms with van der Waals surface area (Å²) in [6.45, 7) is 8.19. The quantitative estimate of drug-likeness (QED) is 0.242. The molecule has 0 aliphatic heterocycles. The summed E-state index contributed by atoms with van der Waals surface area (Å²) in [5.74, 6) is 0.286. The Bertz CT molecular complexity index is 221. The molecule has 0 N–H and O–H groups in total. The largest absolute Gasteiger partial charge is 0.546 e. The van der Waals surface area contributed by atoms with Crippen molar-refractivity contribution >= 4 is 25.9 Å². The molecule has 0 bridgehead atoms. The summed E-state index contributed by atoms with van der Waals surface area (Å²) in [4.78, 5) is 11.1. The van der Waals surface area contributed by atoms with E-state index in [4.69, 9.17) is 20.8 Å². The minimum absolute atomic E-state index is 0.198. The highest BCUT2D eigenvalue weighted by Crippen LogP contribution is 2.11. The summed E-state index contributed by atoms with van der Waals surface area (Å²) in [5.41, 5.74) is 0. The van der Waals surface area contributed by atoms with Gasteiger partial charge in [0.1, 0.15) is 5.76 Å². The zero-order valence-corrected chi connectivity index (χ0v) is 10.9. The number of halogens is 1. The van der Waals surface area contributed by atoms with Gasteiger partial charge in [0.25, 0.3) is 0 Å². The number of alkyl halides is 1. The Morgan fingerprint density at radius 2 is 2.00 bits per heavy atom. The summed E-state index contributed by atoms with van der Waals surface area (Å²) in [6.07, 6.45) is 1.31. The maximum atomic E-state index is 11.1. The van der Waals surface area contributed by atoms with Crippen molar-refractivity contribution in [1.29, 1.82) is 0 Å². The zero-order valence-electron chi connectivity index (χ0n) is 9.09. The maximum Gasteiger partial charge on any atom is 0.334 e. The van der Waals surface area contributed by atoms with E-state index in [1.165, 1.54) is 6.08 Å². The van der Waals surface area contributed by atoms with Gasteiger partial charge in [0.15, 0.2) is 0 Å². The summed E-state index contributed by atoms with van der Waals surface area (Å²) in [7, 11) is -1.69. The number of rotatable bonds is 5. The Kier molecular flexibility index (Phi) is 5.88. The molecule has 0 aromatic carbocycles. The molecule has 14 heavy (non-hydrogen) atoms. The van der Waals surface area contributed by atoms with E-state index in [1.54, 1.807) is 6.92 Å². The number of hydrogen-bond donors (Lipinski definition) is 0. The molecular weight excluding hydrogens is 220 g/mol. The third-order valence-electron chi connectivity index (χ3n) is 1.13. The molecule has 0 rings (SSSR count). The van der Waals surface area contributed by atoms with Crippen molar-refractivity contribution in [3.05, 3.63) is 11.8 Å². The van der Waals surface area contributed by atoms with E-state index in [-0.39, 0.29) is 5.88 Å². The van der Waals surface area contributed by atoms with Crippen molar-refractivity contribution < 1.29 is 14.0 Å². The number of ether oxygens (including phenoxy) is 1. The summed E-state index contributed by atoms with van der Waals surface area (Å²) in [5, 5.41) is 0. The first-order chi connectivity index (χ1) is 6.39. The number of esters is 1. The zero-order chi connectivity index (χ0) is 11.2. The lowest BCUT2D eigenvalue weighted by atomic mass is 10.5. The normalized spacial score (nSPS) is 12.5. The van der Waals surface area contributed by atoms with Crippen molar-refractivity contribution in [1.82, 2.24) is 0 Å². The van der Waals surface area contributed by atoms with Crippen LogP contribution in [0.3, 0.4) is 0 Å². The van der Waals surface area contributed by atoms with Gasteiger partial charge >= 0.3 is 5.97 Å². The predicted octanol–water partition coefficient (Wildman–Crippen LogP) is 2.52. The molecular formula is C9H17ClO3Si. The van der Waals surface area contributed by atoms with Crippen molar-refractivity contribution in [2.24, 2.45) is 0 Å². The Morgan fingerprint density at radius 3 is 2.36 bits per heavy atom. The molecule has 0 aromatic heterocycles. The molecule has 0 spiro atoms. The highest BCUT2D eigenvalue weighted by atomic mass is 35.5. The first-order valence-electron chi connectivity index (χ1n) is 4.51. The molecule has 0 heterocycles. The average Bonchev–Trinajstić information content (AvgIpc) is 2.01. The lowest BCUT2D eigenvalue weighted by molar-refractivity contribution is -0.137. The molecule has 0 unspecified atom stereocenters. The number of hydrogen-bond acceptors (Lipinski definition) is 3. The van der Waals surface area contributed by atoms with E-state index in [0.29, 0.717) is 12.4 Å². The molecule has 0 aliphatic carbocycles. The fourth-order valence-corrected chi connectivity index (χ4v) is 1.94. The van der Waals surface area contributed by atoms with Crippen molar-refractivity contribution in [2.75, 3.05) is 12.5 Å². The first kappa shape index (κ1) is 13.5. The smallest absolute Gasteiger partial charge is 0.334 e. The Balaban J connectivity index is 4.32. The summed E-state index contributed by atoms with van der Waals surface area (Å²) < 4.78 is 10.3. The monoisotopic (exact) mass is 236 g/mol. The number of carbonyl (C=O) groups is 1. The van der Waals surface area contributed by atoms with E-state index < -0.39 is 14.3 Å². The Labute approximate surface area is 91.2 Å². The van der Waals surface area contributed by atoms with Gasteiger partial charge in [-0.25, -0.2) is 4.79 Å². The van der Waals surface area contributed by atoms with Crippen LogP contribution in [-0.4, -0.2) is 26.8 Å². The van der Waals surface area contributed by atoms with Gasteiger partial charge in [-0.2, -0.15) is 0 Å². The molecule has 0 fully saturated rings. The molecule has 3 nitrogen and oxygen atoms in total. The Hall–Kier alpha value is -0.483. The maximum absolute atomic E-state index is 11.1. The second-order valence-electron chi connectivity index (χ2n) is 3.71. The molecule has 82 valence electrons. The van der Waals surface area contributed by atoms with Crippen LogP contribution in [0.25, 0.3) is 0 Å². The minimum atomic E-state index is -1.69. The number of allylic oxidation sites excluding steroid dienone is 1. The van der Waals surface area contributed by atoms with Gasteiger partial charge in [0.05, 0.1) is 18.6 Å². The minimum Gasteiger partial charge on any atom is -0.546 e. The third-order valence-corrected chi connectivity index (χ3v) is 2.27. The van der Waals surface area contributed by atoms with Gasteiger partial charge in [0.2, 0.25) is 8.32 Å². The molecule has 5 heteroatoms. The van der Waals surface area contributed by atoms with Crippen LogP contribution in [0.15, 0.2) is 11.8 Å². The topological polar surface area (TPSA) is 35.5 Å².